The van der Waals surface area contributed by atoms with Crippen LogP contribution in [0.4, 0.5) is 16.2 Å². The first-order valence-corrected chi connectivity index (χ1v) is 8.01. The molecule has 0 radical (unpaired) electrons. The van der Waals surface area contributed by atoms with Crippen LogP contribution in [0.15, 0.2) is 42.5 Å². The highest BCUT2D eigenvalue weighted by atomic mass is 16.6. The van der Waals surface area contributed by atoms with Crippen LogP contribution in [0.3, 0.4) is 0 Å². The Morgan fingerprint density at radius 1 is 1.19 bits per heavy atom. The van der Waals surface area contributed by atoms with E-state index in [1.165, 1.54) is 18.2 Å². The van der Waals surface area contributed by atoms with Crippen LogP contribution in [-0.4, -0.2) is 22.8 Å². The molecule has 2 aromatic carbocycles. The summed E-state index contributed by atoms with van der Waals surface area (Å²) in [5, 5.41) is 18.3. The molecular formula is C18H16N4O5. The number of amides is 4. The second-order valence-electron chi connectivity index (χ2n) is 6.33. The van der Waals surface area contributed by atoms with Gasteiger partial charge in [-0.1, -0.05) is 12.1 Å². The van der Waals surface area contributed by atoms with Gasteiger partial charge in [0.25, 0.3) is 17.5 Å². The second-order valence-corrected chi connectivity index (χ2v) is 6.33. The van der Waals surface area contributed by atoms with Crippen molar-refractivity contribution in [3.63, 3.8) is 0 Å². The second kappa shape index (κ2) is 6.52. The normalized spacial score (nSPS) is 18.6. The third-order valence-corrected chi connectivity index (χ3v) is 4.40. The maximum Gasteiger partial charge on any atom is 0.322 e. The summed E-state index contributed by atoms with van der Waals surface area (Å²) in [5.74, 6) is -0.933. The largest absolute Gasteiger partial charge is 0.322 e. The summed E-state index contributed by atoms with van der Waals surface area (Å²) in [6, 6.07) is 10.0. The van der Waals surface area contributed by atoms with Crippen molar-refractivity contribution < 1.29 is 19.3 Å². The Morgan fingerprint density at radius 2 is 1.93 bits per heavy atom. The van der Waals surface area contributed by atoms with Crippen LogP contribution >= 0.6 is 0 Å². The number of hydrogen-bond donors (Lipinski definition) is 3. The highest BCUT2D eigenvalue weighted by molar-refractivity contribution is 6.08. The molecule has 0 aromatic heterocycles. The number of aryl methyl sites for hydroxylation is 1. The van der Waals surface area contributed by atoms with E-state index in [4.69, 9.17) is 0 Å². The summed E-state index contributed by atoms with van der Waals surface area (Å²) in [5.41, 5.74) is 0.263. The molecule has 1 atom stereocenters. The Morgan fingerprint density at radius 3 is 2.52 bits per heavy atom. The SMILES string of the molecule is Cc1cc(C(=O)Nc2cccc([C@@]3(C)NC(=O)NC3=O)c2)ccc1[N+](=O)[O-]. The number of urea groups is 1. The number of nitrogens with zero attached hydrogens (tertiary/aromatic N) is 1. The van der Waals surface area contributed by atoms with Crippen LogP contribution < -0.4 is 16.0 Å². The number of rotatable bonds is 4. The number of anilines is 1. The van der Waals surface area contributed by atoms with Crippen LogP contribution in [-0.2, 0) is 10.3 Å². The van der Waals surface area contributed by atoms with Crippen LogP contribution in [0.5, 0.6) is 0 Å². The molecule has 9 nitrogen and oxygen atoms in total. The molecule has 1 aliphatic heterocycles. The summed E-state index contributed by atoms with van der Waals surface area (Å²) in [6.07, 6.45) is 0. The molecule has 1 heterocycles. The molecule has 4 amide bonds. The molecule has 3 N–H and O–H groups in total. The topological polar surface area (TPSA) is 130 Å². The highest BCUT2D eigenvalue weighted by Gasteiger charge is 2.43. The van der Waals surface area contributed by atoms with Crippen LogP contribution in [0.25, 0.3) is 0 Å². The summed E-state index contributed by atoms with van der Waals surface area (Å²) < 4.78 is 0. The monoisotopic (exact) mass is 368 g/mol. The smallest absolute Gasteiger partial charge is 0.322 e. The minimum Gasteiger partial charge on any atom is -0.322 e. The molecular weight excluding hydrogens is 352 g/mol. The molecule has 0 unspecified atom stereocenters. The number of benzene rings is 2. The first-order valence-electron chi connectivity index (χ1n) is 8.01. The minimum absolute atomic E-state index is 0.0653. The van der Waals surface area contributed by atoms with Crippen LogP contribution in [0.1, 0.15) is 28.4 Å². The number of nitro groups is 1. The third-order valence-electron chi connectivity index (χ3n) is 4.40. The van der Waals surface area contributed by atoms with Crippen molar-refractivity contribution in [1.29, 1.82) is 0 Å². The van der Waals surface area contributed by atoms with Gasteiger partial charge in [0.1, 0.15) is 5.54 Å². The molecule has 1 fully saturated rings. The van der Waals surface area contributed by atoms with E-state index in [2.05, 4.69) is 16.0 Å². The van der Waals surface area contributed by atoms with E-state index in [1.807, 2.05) is 0 Å². The molecule has 0 aliphatic carbocycles. The lowest BCUT2D eigenvalue weighted by atomic mass is 9.92. The Balaban J connectivity index is 1.84. The van der Waals surface area contributed by atoms with Crippen molar-refractivity contribution in [3.8, 4) is 0 Å². The van der Waals surface area contributed by atoms with Gasteiger partial charge in [0, 0.05) is 22.9 Å². The van der Waals surface area contributed by atoms with Gasteiger partial charge in [0.05, 0.1) is 4.92 Å². The number of nitrogens with one attached hydrogen (secondary N) is 3. The van der Waals surface area contributed by atoms with Crippen LogP contribution in [0, 0.1) is 17.0 Å². The molecule has 0 spiro atoms. The predicted octanol–water partition coefficient (Wildman–Crippen LogP) is 2.21. The van der Waals surface area contributed by atoms with E-state index in [1.54, 1.807) is 38.1 Å². The Bertz CT molecular complexity index is 987. The van der Waals surface area contributed by atoms with Gasteiger partial charge in [-0.2, -0.15) is 0 Å². The van der Waals surface area contributed by atoms with Crippen molar-refractivity contribution in [2.75, 3.05) is 5.32 Å². The fourth-order valence-electron chi connectivity index (χ4n) is 2.86. The van der Waals surface area contributed by atoms with Crippen molar-refractivity contribution in [1.82, 2.24) is 10.6 Å². The van der Waals surface area contributed by atoms with Gasteiger partial charge in [-0.15, -0.1) is 0 Å². The number of nitro benzene ring substituents is 1. The van der Waals surface area contributed by atoms with Gasteiger partial charge in [-0.25, -0.2) is 4.79 Å². The summed E-state index contributed by atoms with van der Waals surface area (Å²) in [4.78, 5) is 46.3. The van der Waals surface area contributed by atoms with E-state index in [0.717, 1.165) is 0 Å². The standard InChI is InChI=1S/C18H16N4O5/c1-10-8-11(6-7-14(10)22(26)27)15(23)19-13-5-3-4-12(9-13)18(2)16(24)20-17(25)21-18/h3-9H,1-2H3,(H,19,23)(H2,20,21,24,25)/t18-/m1/s1. The molecule has 9 heteroatoms. The maximum absolute atomic E-state index is 12.4. The first kappa shape index (κ1) is 18.1. The van der Waals surface area contributed by atoms with Gasteiger partial charge in [0.2, 0.25) is 0 Å². The van der Waals surface area contributed by atoms with Crippen molar-refractivity contribution in [2.24, 2.45) is 0 Å². The molecule has 2 aromatic rings. The van der Waals surface area contributed by atoms with Gasteiger partial charge in [-0.3, -0.25) is 25.0 Å². The third kappa shape index (κ3) is 3.34. The quantitative estimate of drug-likeness (QED) is 0.433. The zero-order valence-corrected chi connectivity index (χ0v) is 14.5. The first-order chi connectivity index (χ1) is 12.7. The average Bonchev–Trinajstić information content (AvgIpc) is 2.87. The van der Waals surface area contributed by atoms with Gasteiger partial charge >= 0.3 is 6.03 Å². The number of carbonyl (C=O) groups is 3. The molecule has 138 valence electrons. The Labute approximate surface area is 153 Å². The van der Waals surface area contributed by atoms with E-state index in [9.17, 15) is 24.5 Å². The maximum atomic E-state index is 12.4. The average molecular weight is 368 g/mol. The van der Waals surface area contributed by atoms with Gasteiger partial charge in [0.15, 0.2) is 0 Å². The predicted molar refractivity (Wildman–Crippen MR) is 96.3 cm³/mol. The zero-order valence-electron chi connectivity index (χ0n) is 14.5. The zero-order chi connectivity index (χ0) is 19.8. The van der Waals surface area contributed by atoms with Crippen molar-refractivity contribution in [3.05, 3.63) is 69.3 Å². The Kier molecular flexibility index (Phi) is 4.36. The fourth-order valence-corrected chi connectivity index (χ4v) is 2.86. The Hall–Kier alpha value is -3.75. The lowest BCUT2D eigenvalue weighted by molar-refractivity contribution is -0.385. The molecule has 0 saturated carbocycles. The number of hydrogen-bond acceptors (Lipinski definition) is 5. The lowest BCUT2D eigenvalue weighted by Gasteiger charge is -2.21. The summed E-state index contributed by atoms with van der Waals surface area (Å²) in [6.45, 7) is 3.12. The lowest BCUT2D eigenvalue weighted by Crippen LogP contribution is -2.40. The van der Waals surface area contributed by atoms with E-state index in [-0.39, 0.29) is 11.3 Å². The van der Waals surface area contributed by atoms with Crippen molar-refractivity contribution >= 4 is 29.2 Å². The molecule has 0 bridgehead atoms. The number of imide groups is 1. The van der Waals surface area contributed by atoms with Gasteiger partial charge < -0.3 is 10.6 Å². The molecule has 1 aliphatic rings. The van der Waals surface area contributed by atoms with E-state index in [0.29, 0.717) is 16.8 Å². The molecule has 27 heavy (non-hydrogen) atoms. The summed E-state index contributed by atoms with van der Waals surface area (Å²) in [7, 11) is 0. The fraction of sp³-hybridized carbons (Fsp3) is 0.167. The summed E-state index contributed by atoms with van der Waals surface area (Å²) >= 11 is 0. The van der Waals surface area contributed by atoms with Crippen molar-refractivity contribution in [2.45, 2.75) is 19.4 Å². The number of carbonyl (C=O) groups excluding carboxylic acids is 3. The molecule has 3 rings (SSSR count). The molecule has 1 saturated heterocycles. The van der Waals surface area contributed by atoms with E-state index < -0.39 is 28.3 Å². The minimum atomic E-state index is -1.23. The van der Waals surface area contributed by atoms with E-state index >= 15 is 0 Å². The van der Waals surface area contributed by atoms with Gasteiger partial charge in [-0.05, 0) is 43.7 Å². The highest BCUT2D eigenvalue weighted by Crippen LogP contribution is 2.27. The van der Waals surface area contributed by atoms with Crippen LogP contribution in [0.2, 0.25) is 0 Å².